The number of carbonyl (C=O) groups is 1. The largest absolute Gasteiger partial charge is 0.379 e. The van der Waals surface area contributed by atoms with Crippen LogP contribution in [0.1, 0.15) is 32.9 Å². The highest BCUT2D eigenvalue weighted by Crippen LogP contribution is 2.18. The predicted molar refractivity (Wildman–Crippen MR) is 112 cm³/mol. The Kier molecular flexibility index (Phi) is 7.43. The van der Waals surface area contributed by atoms with Gasteiger partial charge in [0.05, 0.1) is 31.9 Å². The van der Waals surface area contributed by atoms with Gasteiger partial charge in [-0.3, -0.25) is 19.4 Å². The highest BCUT2D eigenvalue weighted by molar-refractivity contribution is 5.76. The molecular formula is C21H35N5O3. The van der Waals surface area contributed by atoms with Crippen molar-refractivity contribution in [1.82, 2.24) is 24.5 Å². The first kappa shape index (κ1) is 21.9. The normalized spacial score (nSPS) is 20.1. The predicted octanol–water partition coefficient (Wildman–Crippen LogP) is 0.407. The minimum atomic E-state index is -0.0675. The van der Waals surface area contributed by atoms with Crippen LogP contribution in [0.2, 0.25) is 0 Å². The van der Waals surface area contributed by atoms with Crippen LogP contribution in [0.5, 0.6) is 0 Å². The average Bonchev–Trinajstić information content (AvgIpc) is 2.89. The number of ether oxygens (including phenoxy) is 1. The molecule has 0 saturated carbocycles. The molecule has 2 aliphatic heterocycles. The maximum absolute atomic E-state index is 12.1. The molecule has 0 radical (unpaired) electrons. The minimum absolute atomic E-state index is 0.0391. The van der Waals surface area contributed by atoms with Crippen molar-refractivity contribution >= 4 is 5.91 Å². The van der Waals surface area contributed by atoms with Crippen molar-refractivity contribution in [3.8, 4) is 0 Å². The molecule has 1 amide bonds. The van der Waals surface area contributed by atoms with E-state index in [4.69, 9.17) is 4.74 Å². The Balaban J connectivity index is 1.42. The second-order valence-electron chi connectivity index (χ2n) is 8.96. The molecule has 0 N–H and O–H groups in total. The Morgan fingerprint density at radius 2 is 1.55 bits per heavy atom. The van der Waals surface area contributed by atoms with E-state index in [0.717, 1.165) is 51.5 Å². The average molecular weight is 406 g/mol. The van der Waals surface area contributed by atoms with Crippen LogP contribution in [0.15, 0.2) is 16.9 Å². The fourth-order valence-electron chi connectivity index (χ4n) is 3.70. The highest BCUT2D eigenvalue weighted by Gasteiger charge is 2.21. The molecule has 162 valence electrons. The van der Waals surface area contributed by atoms with Gasteiger partial charge in [-0.05, 0) is 6.07 Å². The molecule has 0 aliphatic carbocycles. The standard InChI is InChI=1S/C21H35N5O3/c1-21(2,3)18-4-5-20(28)26(22-18)14-12-24-9-7-23(8-10-24)11-13-25-15-17-29-16-6-19(25)27/h4-5H,6-17H2,1-3H3. The molecule has 8 heteroatoms. The van der Waals surface area contributed by atoms with Gasteiger partial charge in [-0.2, -0.15) is 5.10 Å². The lowest BCUT2D eigenvalue weighted by Gasteiger charge is -2.35. The Morgan fingerprint density at radius 1 is 0.897 bits per heavy atom. The topological polar surface area (TPSA) is 70.9 Å². The van der Waals surface area contributed by atoms with Gasteiger partial charge < -0.3 is 9.64 Å². The monoisotopic (exact) mass is 405 g/mol. The molecule has 29 heavy (non-hydrogen) atoms. The number of nitrogens with zero attached hydrogens (tertiary/aromatic N) is 5. The smallest absolute Gasteiger partial charge is 0.266 e. The molecule has 0 unspecified atom stereocenters. The van der Waals surface area contributed by atoms with Gasteiger partial charge in [0.2, 0.25) is 5.91 Å². The third kappa shape index (κ3) is 6.35. The molecule has 0 aromatic carbocycles. The summed E-state index contributed by atoms with van der Waals surface area (Å²) >= 11 is 0. The van der Waals surface area contributed by atoms with Crippen molar-refractivity contribution in [2.75, 3.05) is 65.6 Å². The Bertz CT molecular complexity index is 735. The molecule has 0 atom stereocenters. The summed E-state index contributed by atoms with van der Waals surface area (Å²) < 4.78 is 6.98. The van der Waals surface area contributed by atoms with Gasteiger partial charge >= 0.3 is 0 Å². The third-order valence-corrected chi connectivity index (χ3v) is 5.73. The summed E-state index contributed by atoms with van der Waals surface area (Å²) in [6.45, 7) is 15.3. The van der Waals surface area contributed by atoms with Crippen LogP contribution in [-0.2, 0) is 21.5 Å². The highest BCUT2D eigenvalue weighted by atomic mass is 16.5. The Hall–Kier alpha value is -1.77. The molecule has 3 rings (SSSR count). The molecule has 3 heterocycles. The molecule has 2 aliphatic rings. The van der Waals surface area contributed by atoms with Gasteiger partial charge in [0.1, 0.15) is 0 Å². The summed E-state index contributed by atoms with van der Waals surface area (Å²) in [6.07, 6.45) is 0.498. The zero-order chi connectivity index (χ0) is 20.9. The molecule has 0 spiro atoms. The van der Waals surface area contributed by atoms with Crippen molar-refractivity contribution in [3.63, 3.8) is 0 Å². The number of hydrogen-bond donors (Lipinski definition) is 0. The number of rotatable bonds is 6. The quantitative estimate of drug-likeness (QED) is 0.683. The Morgan fingerprint density at radius 3 is 2.21 bits per heavy atom. The maximum Gasteiger partial charge on any atom is 0.266 e. The van der Waals surface area contributed by atoms with Crippen LogP contribution in [0, 0.1) is 0 Å². The first-order chi connectivity index (χ1) is 13.8. The molecular weight excluding hydrogens is 370 g/mol. The molecule has 8 nitrogen and oxygen atoms in total. The molecule has 1 aromatic heterocycles. The summed E-state index contributed by atoms with van der Waals surface area (Å²) in [6, 6.07) is 3.46. The van der Waals surface area contributed by atoms with E-state index in [0.29, 0.717) is 32.7 Å². The van der Waals surface area contributed by atoms with E-state index in [9.17, 15) is 9.59 Å². The zero-order valence-corrected chi connectivity index (χ0v) is 18.1. The van der Waals surface area contributed by atoms with Crippen LogP contribution < -0.4 is 5.56 Å². The maximum atomic E-state index is 12.1. The van der Waals surface area contributed by atoms with Crippen LogP contribution in [0.3, 0.4) is 0 Å². The van der Waals surface area contributed by atoms with Gasteiger partial charge in [0.15, 0.2) is 0 Å². The number of amides is 1. The van der Waals surface area contributed by atoms with Gasteiger partial charge in [0.25, 0.3) is 5.56 Å². The first-order valence-electron chi connectivity index (χ1n) is 10.7. The van der Waals surface area contributed by atoms with Crippen LogP contribution >= 0.6 is 0 Å². The van der Waals surface area contributed by atoms with Gasteiger partial charge in [-0.1, -0.05) is 20.8 Å². The van der Waals surface area contributed by atoms with Crippen molar-refractivity contribution < 1.29 is 9.53 Å². The van der Waals surface area contributed by atoms with Gasteiger partial charge in [0, 0.05) is 63.8 Å². The van der Waals surface area contributed by atoms with E-state index in [1.54, 1.807) is 10.7 Å². The lowest BCUT2D eigenvalue weighted by Crippen LogP contribution is -2.50. The molecule has 2 saturated heterocycles. The van der Waals surface area contributed by atoms with Crippen LogP contribution in [0.25, 0.3) is 0 Å². The van der Waals surface area contributed by atoms with E-state index < -0.39 is 0 Å². The summed E-state index contributed by atoms with van der Waals surface area (Å²) in [5.74, 6) is 0.205. The Labute approximate surface area is 173 Å². The fourth-order valence-corrected chi connectivity index (χ4v) is 3.70. The number of hydrogen-bond acceptors (Lipinski definition) is 6. The van der Waals surface area contributed by atoms with E-state index in [-0.39, 0.29) is 16.9 Å². The van der Waals surface area contributed by atoms with Gasteiger partial charge in [-0.15, -0.1) is 0 Å². The van der Waals surface area contributed by atoms with Crippen molar-refractivity contribution in [3.05, 3.63) is 28.2 Å². The third-order valence-electron chi connectivity index (χ3n) is 5.73. The first-order valence-corrected chi connectivity index (χ1v) is 10.7. The van der Waals surface area contributed by atoms with E-state index >= 15 is 0 Å². The van der Waals surface area contributed by atoms with Crippen LogP contribution in [-0.4, -0.2) is 96.0 Å². The van der Waals surface area contributed by atoms with Crippen molar-refractivity contribution in [1.29, 1.82) is 0 Å². The second-order valence-corrected chi connectivity index (χ2v) is 8.96. The van der Waals surface area contributed by atoms with E-state index in [2.05, 4.69) is 35.7 Å². The molecule has 0 bridgehead atoms. The summed E-state index contributed by atoms with van der Waals surface area (Å²) in [4.78, 5) is 30.9. The summed E-state index contributed by atoms with van der Waals surface area (Å²) in [5, 5.41) is 4.56. The molecule has 1 aromatic rings. The fraction of sp³-hybridized carbons (Fsp3) is 0.762. The number of piperazine rings is 1. The summed E-state index contributed by atoms with van der Waals surface area (Å²) in [5.41, 5.74) is 0.834. The van der Waals surface area contributed by atoms with Crippen LogP contribution in [0.4, 0.5) is 0 Å². The summed E-state index contributed by atoms with van der Waals surface area (Å²) in [7, 11) is 0. The van der Waals surface area contributed by atoms with E-state index in [1.165, 1.54) is 0 Å². The zero-order valence-electron chi connectivity index (χ0n) is 18.1. The minimum Gasteiger partial charge on any atom is -0.379 e. The second kappa shape index (κ2) is 9.82. The molecule has 2 fully saturated rings. The van der Waals surface area contributed by atoms with E-state index in [1.807, 2.05) is 11.0 Å². The van der Waals surface area contributed by atoms with Crippen molar-refractivity contribution in [2.24, 2.45) is 0 Å². The van der Waals surface area contributed by atoms with Crippen molar-refractivity contribution in [2.45, 2.75) is 39.2 Å². The number of aromatic nitrogens is 2. The SMILES string of the molecule is CC(C)(C)c1ccc(=O)n(CCN2CCN(CCN3CCOCCC3=O)CC2)n1. The lowest BCUT2D eigenvalue weighted by atomic mass is 9.92. The number of carbonyl (C=O) groups excluding carboxylic acids is 1. The lowest BCUT2D eigenvalue weighted by molar-refractivity contribution is -0.130. The van der Waals surface area contributed by atoms with Gasteiger partial charge in [-0.25, -0.2) is 4.68 Å².